The Balaban J connectivity index is 2.02. The maximum atomic E-state index is 10.7. The van der Waals surface area contributed by atoms with Crippen LogP contribution in [0.5, 0.6) is 0 Å². The van der Waals surface area contributed by atoms with Gasteiger partial charge in [-0.05, 0) is 49.7 Å². The molecule has 2 saturated carbocycles. The van der Waals surface area contributed by atoms with Gasteiger partial charge in [-0.2, -0.15) is 0 Å². The average Bonchev–Trinajstić information content (AvgIpc) is 2.81. The van der Waals surface area contributed by atoms with Gasteiger partial charge in [0.1, 0.15) is 0 Å². The molecule has 0 spiro atoms. The molecule has 0 bridgehead atoms. The zero-order chi connectivity index (χ0) is 11.5. The first-order valence-corrected chi connectivity index (χ1v) is 6.85. The summed E-state index contributed by atoms with van der Waals surface area (Å²) in [6, 6.07) is 3.92. The Morgan fingerprint density at radius 3 is 2.62 bits per heavy atom. The van der Waals surface area contributed by atoms with Gasteiger partial charge in [0.25, 0.3) is 0 Å². The lowest BCUT2D eigenvalue weighted by Crippen LogP contribution is -2.24. The van der Waals surface area contributed by atoms with Crippen LogP contribution in [0.15, 0.2) is 16.6 Å². The number of aryl methyl sites for hydroxylation is 1. The van der Waals surface area contributed by atoms with Crippen molar-refractivity contribution in [3.8, 4) is 0 Å². The van der Waals surface area contributed by atoms with Gasteiger partial charge in [-0.15, -0.1) is 0 Å². The van der Waals surface area contributed by atoms with Crippen LogP contribution >= 0.6 is 27.5 Å². The van der Waals surface area contributed by atoms with Crippen LogP contribution in [0, 0.1) is 18.8 Å². The summed E-state index contributed by atoms with van der Waals surface area (Å²) in [4.78, 5) is 0. The Morgan fingerprint density at radius 1 is 1.38 bits per heavy atom. The number of benzene rings is 1. The van der Waals surface area contributed by atoms with E-state index in [1.807, 2.05) is 19.1 Å². The molecule has 2 atom stereocenters. The molecule has 2 unspecified atom stereocenters. The lowest BCUT2D eigenvalue weighted by molar-refractivity contribution is 0.0312. The van der Waals surface area contributed by atoms with E-state index in [0.29, 0.717) is 5.02 Å². The normalized spacial score (nSPS) is 36.2. The molecule has 0 aromatic heterocycles. The molecule has 2 aliphatic rings. The highest BCUT2D eigenvalue weighted by atomic mass is 79.9. The summed E-state index contributed by atoms with van der Waals surface area (Å²) >= 11 is 9.70. The number of hydrogen-bond donors (Lipinski definition) is 1. The number of hydrogen-bond acceptors (Lipinski definition) is 1. The Labute approximate surface area is 109 Å². The molecule has 0 amide bonds. The molecule has 2 fully saturated rings. The second-order valence-corrected chi connectivity index (χ2v) is 6.54. The van der Waals surface area contributed by atoms with Crippen LogP contribution in [-0.2, 0) is 5.60 Å². The Morgan fingerprint density at radius 2 is 2.00 bits per heavy atom. The monoisotopic (exact) mass is 300 g/mol. The lowest BCUT2D eigenvalue weighted by Gasteiger charge is -2.26. The fourth-order valence-corrected chi connectivity index (χ4v) is 3.81. The number of aliphatic hydroxyl groups is 1. The summed E-state index contributed by atoms with van der Waals surface area (Å²) in [6.45, 7) is 2.03. The van der Waals surface area contributed by atoms with Gasteiger partial charge in [-0.1, -0.05) is 33.6 Å². The van der Waals surface area contributed by atoms with Gasteiger partial charge in [0.15, 0.2) is 0 Å². The maximum absolute atomic E-state index is 10.7. The zero-order valence-corrected chi connectivity index (χ0v) is 11.5. The molecule has 1 nitrogen and oxygen atoms in total. The highest BCUT2D eigenvalue weighted by molar-refractivity contribution is 9.10. The lowest BCUT2D eigenvalue weighted by atomic mass is 9.88. The summed E-state index contributed by atoms with van der Waals surface area (Å²) in [5.41, 5.74) is 1.38. The van der Waals surface area contributed by atoms with E-state index >= 15 is 0 Å². The minimum absolute atomic E-state index is 0.671. The topological polar surface area (TPSA) is 20.2 Å². The van der Waals surface area contributed by atoms with Crippen molar-refractivity contribution >= 4 is 27.5 Å². The second kappa shape index (κ2) is 3.47. The van der Waals surface area contributed by atoms with Crippen LogP contribution in [0.3, 0.4) is 0 Å². The van der Waals surface area contributed by atoms with Crippen LogP contribution < -0.4 is 0 Å². The van der Waals surface area contributed by atoms with Crippen molar-refractivity contribution in [1.29, 1.82) is 0 Å². The summed E-state index contributed by atoms with van der Waals surface area (Å²) < 4.78 is 1.01. The number of rotatable bonds is 1. The molecule has 0 radical (unpaired) electrons. The van der Waals surface area contributed by atoms with Crippen molar-refractivity contribution < 1.29 is 5.11 Å². The fraction of sp³-hybridized carbons (Fsp3) is 0.538. The molecule has 1 aromatic rings. The third kappa shape index (κ3) is 1.62. The van der Waals surface area contributed by atoms with E-state index in [9.17, 15) is 5.11 Å². The minimum Gasteiger partial charge on any atom is -0.385 e. The maximum Gasteiger partial charge on any atom is 0.0916 e. The first-order valence-electron chi connectivity index (χ1n) is 5.68. The predicted octanol–water partition coefficient (Wildman–Crippen LogP) is 4.03. The highest BCUT2D eigenvalue weighted by Gasteiger charge is 2.54. The Hall–Kier alpha value is -0.0500. The molecule has 1 aromatic carbocycles. The second-order valence-electron chi connectivity index (χ2n) is 5.28. The zero-order valence-electron chi connectivity index (χ0n) is 9.13. The molecule has 1 N–H and O–H groups in total. The largest absolute Gasteiger partial charge is 0.385 e. The van der Waals surface area contributed by atoms with Crippen LogP contribution in [0.2, 0.25) is 5.02 Å². The molecule has 86 valence electrons. The van der Waals surface area contributed by atoms with Gasteiger partial charge < -0.3 is 5.11 Å². The molecule has 2 aliphatic carbocycles. The quantitative estimate of drug-likeness (QED) is 0.830. The minimum atomic E-state index is -0.671. The Bertz CT molecular complexity index is 447. The Kier molecular flexibility index (Phi) is 2.40. The first kappa shape index (κ1) is 11.1. The molecular formula is C13H14BrClO. The summed E-state index contributed by atoms with van der Waals surface area (Å²) in [7, 11) is 0. The van der Waals surface area contributed by atoms with Crippen molar-refractivity contribution in [3.63, 3.8) is 0 Å². The van der Waals surface area contributed by atoms with Crippen molar-refractivity contribution in [1.82, 2.24) is 0 Å². The summed E-state index contributed by atoms with van der Waals surface area (Å²) in [5, 5.41) is 11.3. The van der Waals surface area contributed by atoms with Crippen molar-refractivity contribution in [2.75, 3.05) is 0 Å². The van der Waals surface area contributed by atoms with E-state index in [4.69, 9.17) is 11.6 Å². The van der Waals surface area contributed by atoms with E-state index in [1.54, 1.807) is 0 Å². The van der Waals surface area contributed by atoms with Crippen LogP contribution in [-0.4, -0.2) is 5.11 Å². The predicted molar refractivity (Wildman–Crippen MR) is 68.6 cm³/mol. The van der Waals surface area contributed by atoms with Gasteiger partial charge in [0, 0.05) is 15.1 Å². The fourth-order valence-electron chi connectivity index (χ4n) is 2.99. The van der Waals surface area contributed by atoms with Gasteiger partial charge >= 0.3 is 0 Å². The smallest absolute Gasteiger partial charge is 0.0916 e. The van der Waals surface area contributed by atoms with Crippen molar-refractivity contribution in [2.45, 2.75) is 31.8 Å². The van der Waals surface area contributed by atoms with Crippen LogP contribution in [0.1, 0.15) is 30.4 Å². The van der Waals surface area contributed by atoms with E-state index in [2.05, 4.69) is 15.9 Å². The van der Waals surface area contributed by atoms with E-state index in [-0.39, 0.29) is 0 Å². The van der Waals surface area contributed by atoms with Gasteiger partial charge in [0.2, 0.25) is 0 Å². The van der Waals surface area contributed by atoms with Crippen LogP contribution in [0.4, 0.5) is 0 Å². The first-order chi connectivity index (χ1) is 7.49. The number of halogens is 2. The third-order valence-corrected chi connectivity index (χ3v) is 5.19. The molecule has 0 saturated heterocycles. The molecule has 3 heteroatoms. The number of fused-ring (bicyclic) bond motifs is 1. The van der Waals surface area contributed by atoms with E-state index in [1.165, 1.54) is 6.42 Å². The molecule has 3 rings (SSSR count). The van der Waals surface area contributed by atoms with Gasteiger partial charge in [-0.3, -0.25) is 0 Å². The molecule has 0 heterocycles. The summed E-state index contributed by atoms with van der Waals surface area (Å²) in [5.74, 6) is 1.48. The van der Waals surface area contributed by atoms with Gasteiger partial charge in [-0.25, -0.2) is 0 Å². The molecule has 0 aliphatic heterocycles. The van der Waals surface area contributed by atoms with E-state index in [0.717, 1.165) is 40.3 Å². The van der Waals surface area contributed by atoms with Crippen LogP contribution in [0.25, 0.3) is 0 Å². The van der Waals surface area contributed by atoms with E-state index < -0.39 is 5.60 Å². The SMILES string of the molecule is Cc1cc(C2(O)CC3CC3C2)c(Cl)cc1Br. The van der Waals surface area contributed by atoms with Gasteiger partial charge in [0.05, 0.1) is 5.60 Å². The standard InChI is InChI=1S/C13H14BrClO/c1-7-2-10(12(15)4-11(7)14)13(16)5-8-3-9(8)6-13/h2,4,8-9,16H,3,5-6H2,1H3. The molecular weight excluding hydrogens is 287 g/mol. The van der Waals surface area contributed by atoms with Crippen molar-refractivity contribution in [3.05, 3.63) is 32.8 Å². The summed E-state index contributed by atoms with van der Waals surface area (Å²) in [6.07, 6.45) is 3.08. The van der Waals surface area contributed by atoms with Crippen molar-refractivity contribution in [2.24, 2.45) is 11.8 Å². The average molecular weight is 302 g/mol. The third-order valence-electron chi connectivity index (χ3n) is 4.02. The molecule has 16 heavy (non-hydrogen) atoms. The highest BCUT2D eigenvalue weighted by Crippen LogP contribution is 2.60.